The van der Waals surface area contributed by atoms with Crippen molar-refractivity contribution in [3.8, 4) is 0 Å². The molecule has 1 rings (SSSR count). The number of hydrogen-bond acceptors (Lipinski definition) is 2. The summed E-state index contributed by atoms with van der Waals surface area (Å²) in [7, 11) is 0. The SMILES string of the molecule is CC(O)CCN1CCCC(C)CC1. The molecule has 1 aliphatic heterocycles. The van der Waals surface area contributed by atoms with E-state index >= 15 is 0 Å². The Balaban J connectivity index is 2.18. The van der Waals surface area contributed by atoms with Crippen LogP contribution in [0, 0.1) is 5.92 Å². The van der Waals surface area contributed by atoms with E-state index in [9.17, 15) is 5.11 Å². The van der Waals surface area contributed by atoms with Crippen LogP contribution in [0.15, 0.2) is 0 Å². The average molecular weight is 185 g/mol. The summed E-state index contributed by atoms with van der Waals surface area (Å²) in [6.45, 7) is 7.76. The lowest BCUT2D eigenvalue weighted by Crippen LogP contribution is -2.27. The minimum atomic E-state index is -0.138. The summed E-state index contributed by atoms with van der Waals surface area (Å²) in [5.41, 5.74) is 0. The number of hydrogen-bond donors (Lipinski definition) is 1. The maximum atomic E-state index is 9.18. The van der Waals surface area contributed by atoms with Crippen molar-refractivity contribution in [1.29, 1.82) is 0 Å². The molecule has 78 valence electrons. The highest BCUT2D eigenvalue weighted by Gasteiger charge is 2.13. The second-order valence-electron chi connectivity index (χ2n) is 4.52. The topological polar surface area (TPSA) is 23.5 Å². The van der Waals surface area contributed by atoms with Gasteiger partial charge in [0.15, 0.2) is 0 Å². The third-order valence-electron chi connectivity index (χ3n) is 2.97. The number of rotatable bonds is 3. The lowest BCUT2D eigenvalue weighted by Gasteiger charge is -2.20. The smallest absolute Gasteiger partial charge is 0.0524 e. The van der Waals surface area contributed by atoms with E-state index in [4.69, 9.17) is 0 Å². The Morgan fingerprint density at radius 3 is 2.85 bits per heavy atom. The van der Waals surface area contributed by atoms with E-state index in [1.165, 1.54) is 32.4 Å². The first-order chi connectivity index (χ1) is 6.18. The fraction of sp³-hybridized carbons (Fsp3) is 1.00. The predicted octanol–water partition coefficient (Wildman–Crippen LogP) is 1.88. The largest absolute Gasteiger partial charge is 0.393 e. The molecule has 0 amide bonds. The van der Waals surface area contributed by atoms with E-state index in [2.05, 4.69) is 11.8 Å². The quantitative estimate of drug-likeness (QED) is 0.725. The molecule has 0 aromatic carbocycles. The highest BCUT2D eigenvalue weighted by atomic mass is 16.3. The van der Waals surface area contributed by atoms with Crippen LogP contribution in [0.3, 0.4) is 0 Å². The standard InChI is InChI=1S/C11H23NO/c1-10-4-3-7-12(8-5-10)9-6-11(2)13/h10-11,13H,3-9H2,1-2H3. The molecule has 1 fully saturated rings. The Morgan fingerprint density at radius 1 is 1.38 bits per heavy atom. The van der Waals surface area contributed by atoms with Gasteiger partial charge in [0.1, 0.15) is 0 Å². The third kappa shape index (κ3) is 4.63. The Hall–Kier alpha value is -0.0800. The zero-order valence-electron chi connectivity index (χ0n) is 9.00. The van der Waals surface area contributed by atoms with Crippen LogP contribution >= 0.6 is 0 Å². The van der Waals surface area contributed by atoms with Gasteiger partial charge in [-0.1, -0.05) is 6.92 Å². The maximum Gasteiger partial charge on any atom is 0.0524 e. The van der Waals surface area contributed by atoms with Crippen LogP contribution in [-0.2, 0) is 0 Å². The summed E-state index contributed by atoms with van der Waals surface area (Å²) >= 11 is 0. The van der Waals surface area contributed by atoms with Gasteiger partial charge < -0.3 is 10.0 Å². The van der Waals surface area contributed by atoms with Gasteiger partial charge in [-0.2, -0.15) is 0 Å². The molecule has 0 saturated carbocycles. The summed E-state index contributed by atoms with van der Waals surface area (Å²) < 4.78 is 0. The molecule has 2 atom stereocenters. The highest BCUT2D eigenvalue weighted by molar-refractivity contribution is 4.67. The van der Waals surface area contributed by atoms with Crippen molar-refractivity contribution in [3.63, 3.8) is 0 Å². The van der Waals surface area contributed by atoms with Crippen molar-refractivity contribution >= 4 is 0 Å². The minimum Gasteiger partial charge on any atom is -0.393 e. The van der Waals surface area contributed by atoms with Gasteiger partial charge in [-0.15, -0.1) is 0 Å². The first-order valence-corrected chi connectivity index (χ1v) is 5.59. The summed E-state index contributed by atoms with van der Waals surface area (Å²) in [5, 5.41) is 9.18. The molecular formula is C11H23NO. The molecule has 2 nitrogen and oxygen atoms in total. The lowest BCUT2D eigenvalue weighted by atomic mass is 10.0. The van der Waals surface area contributed by atoms with E-state index in [1.807, 2.05) is 6.92 Å². The average Bonchev–Trinajstić information content (AvgIpc) is 2.27. The number of aliphatic hydroxyl groups is 1. The normalized spacial score (nSPS) is 28.4. The zero-order valence-corrected chi connectivity index (χ0v) is 9.00. The van der Waals surface area contributed by atoms with Crippen LogP contribution in [0.4, 0.5) is 0 Å². The molecule has 0 aliphatic carbocycles. The minimum absolute atomic E-state index is 0.138. The van der Waals surface area contributed by atoms with Gasteiger partial charge >= 0.3 is 0 Å². The van der Waals surface area contributed by atoms with Gasteiger partial charge in [0.05, 0.1) is 6.10 Å². The molecule has 0 bridgehead atoms. The first-order valence-electron chi connectivity index (χ1n) is 5.59. The second-order valence-corrected chi connectivity index (χ2v) is 4.52. The molecule has 1 aliphatic rings. The van der Waals surface area contributed by atoms with Gasteiger partial charge in [0.2, 0.25) is 0 Å². The fourth-order valence-corrected chi connectivity index (χ4v) is 1.92. The second kappa shape index (κ2) is 5.61. The van der Waals surface area contributed by atoms with E-state index in [0.717, 1.165) is 18.9 Å². The van der Waals surface area contributed by atoms with Gasteiger partial charge in [-0.25, -0.2) is 0 Å². The van der Waals surface area contributed by atoms with Gasteiger partial charge in [-0.05, 0) is 51.6 Å². The molecule has 2 heteroatoms. The van der Waals surface area contributed by atoms with E-state index in [0.29, 0.717) is 0 Å². The Bertz CT molecular complexity index is 136. The summed E-state index contributed by atoms with van der Waals surface area (Å²) in [5.74, 6) is 0.900. The highest BCUT2D eigenvalue weighted by Crippen LogP contribution is 2.16. The van der Waals surface area contributed by atoms with E-state index in [1.54, 1.807) is 0 Å². The zero-order chi connectivity index (χ0) is 9.68. The molecule has 0 aromatic heterocycles. The van der Waals surface area contributed by atoms with Crippen LogP contribution in [0.25, 0.3) is 0 Å². The van der Waals surface area contributed by atoms with Gasteiger partial charge in [0, 0.05) is 6.54 Å². The van der Waals surface area contributed by atoms with Crippen molar-refractivity contribution in [2.45, 2.75) is 45.6 Å². The molecule has 1 saturated heterocycles. The van der Waals surface area contributed by atoms with Crippen LogP contribution in [0.2, 0.25) is 0 Å². The monoisotopic (exact) mass is 185 g/mol. The van der Waals surface area contributed by atoms with E-state index in [-0.39, 0.29) is 6.10 Å². The summed E-state index contributed by atoms with van der Waals surface area (Å²) in [4.78, 5) is 2.50. The number of nitrogens with zero attached hydrogens (tertiary/aromatic N) is 1. The Labute approximate surface area is 81.9 Å². The lowest BCUT2D eigenvalue weighted by molar-refractivity contribution is 0.157. The number of likely N-dealkylation sites (tertiary alicyclic amines) is 1. The predicted molar refractivity (Wildman–Crippen MR) is 55.8 cm³/mol. The van der Waals surface area contributed by atoms with Crippen molar-refractivity contribution in [1.82, 2.24) is 4.90 Å². The van der Waals surface area contributed by atoms with Gasteiger partial charge in [-0.3, -0.25) is 0 Å². The van der Waals surface area contributed by atoms with Gasteiger partial charge in [0.25, 0.3) is 0 Å². The molecule has 0 spiro atoms. The third-order valence-corrected chi connectivity index (χ3v) is 2.97. The molecule has 2 unspecified atom stereocenters. The van der Waals surface area contributed by atoms with Crippen LogP contribution in [-0.4, -0.2) is 35.7 Å². The molecule has 1 heterocycles. The summed E-state index contributed by atoms with van der Waals surface area (Å²) in [6, 6.07) is 0. The van der Waals surface area contributed by atoms with Crippen LogP contribution < -0.4 is 0 Å². The van der Waals surface area contributed by atoms with Crippen molar-refractivity contribution in [3.05, 3.63) is 0 Å². The molecular weight excluding hydrogens is 162 g/mol. The van der Waals surface area contributed by atoms with E-state index < -0.39 is 0 Å². The molecule has 0 aromatic rings. The number of aliphatic hydroxyl groups excluding tert-OH is 1. The first kappa shape index (κ1) is 11.0. The Morgan fingerprint density at radius 2 is 2.15 bits per heavy atom. The Kier molecular flexibility index (Phi) is 4.74. The summed E-state index contributed by atoms with van der Waals surface area (Å²) in [6.07, 6.45) is 4.83. The molecule has 0 radical (unpaired) electrons. The van der Waals surface area contributed by atoms with Crippen LogP contribution in [0.1, 0.15) is 39.5 Å². The van der Waals surface area contributed by atoms with Crippen LogP contribution in [0.5, 0.6) is 0 Å². The van der Waals surface area contributed by atoms with Crippen molar-refractivity contribution < 1.29 is 5.11 Å². The van der Waals surface area contributed by atoms with Crippen molar-refractivity contribution in [2.24, 2.45) is 5.92 Å². The maximum absolute atomic E-state index is 9.18. The van der Waals surface area contributed by atoms with Crippen molar-refractivity contribution in [2.75, 3.05) is 19.6 Å². The molecule has 1 N–H and O–H groups in total. The fourth-order valence-electron chi connectivity index (χ4n) is 1.92. The molecule has 13 heavy (non-hydrogen) atoms.